The van der Waals surface area contributed by atoms with E-state index in [9.17, 15) is 14.7 Å². The van der Waals surface area contributed by atoms with Gasteiger partial charge in [-0.05, 0) is 40.3 Å². The molecule has 1 aromatic carbocycles. The minimum absolute atomic E-state index is 0.0542. The van der Waals surface area contributed by atoms with Gasteiger partial charge >= 0.3 is 5.97 Å². The number of hydrogen-bond donors (Lipinski definition) is 1. The van der Waals surface area contributed by atoms with Crippen LogP contribution in [0.1, 0.15) is 12.0 Å². The Bertz CT molecular complexity index is 491. The van der Waals surface area contributed by atoms with Gasteiger partial charge in [-0.25, -0.2) is 4.79 Å². The predicted octanol–water partition coefficient (Wildman–Crippen LogP) is 2.28. The Morgan fingerprint density at radius 3 is 2.58 bits per heavy atom. The number of nitrogens with zero attached hydrogens (tertiary/aromatic N) is 1. The van der Waals surface area contributed by atoms with Crippen LogP contribution in [0.2, 0.25) is 0 Å². The average molecular weight is 438 g/mol. The zero-order chi connectivity index (χ0) is 14.0. The highest BCUT2D eigenvalue weighted by molar-refractivity contribution is 14.1. The van der Waals surface area contributed by atoms with Crippen LogP contribution < -0.4 is 0 Å². The van der Waals surface area contributed by atoms with E-state index in [1.54, 1.807) is 0 Å². The summed E-state index contributed by atoms with van der Waals surface area (Å²) < 4.78 is 1.10. The van der Waals surface area contributed by atoms with Gasteiger partial charge in [0.2, 0.25) is 5.91 Å². The van der Waals surface area contributed by atoms with Crippen molar-refractivity contribution in [3.8, 4) is 0 Å². The summed E-state index contributed by atoms with van der Waals surface area (Å²) >= 11 is 5.58. The summed E-state index contributed by atoms with van der Waals surface area (Å²) in [6.07, 6.45) is 0.716. The highest BCUT2D eigenvalue weighted by atomic mass is 127. The number of alkyl halides is 1. The van der Waals surface area contributed by atoms with Crippen molar-refractivity contribution in [3.63, 3.8) is 0 Å². The van der Waals surface area contributed by atoms with Gasteiger partial charge in [-0.2, -0.15) is 0 Å². The molecule has 0 saturated carbocycles. The van der Waals surface area contributed by atoms with Crippen LogP contribution in [0, 0.1) is 3.57 Å². The number of amides is 1. The molecule has 0 bridgehead atoms. The zero-order valence-electron chi connectivity index (χ0n) is 10.1. The molecule has 1 heterocycles. The molecule has 0 aliphatic carbocycles. The van der Waals surface area contributed by atoms with Gasteiger partial charge in [0, 0.05) is 27.8 Å². The number of rotatable bonds is 4. The van der Waals surface area contributed by atoms with Crippen LogP contribution in [0.25, 0.3) is 0 Å². The molecule has 0 spiro atoms. The zero-order valence-corrected chi connectivity index (χ0v) is 13.8. The lowest BCUT2D eigenvalue weighted by Gasteiger charge is -2.24. The molecular formula is C13H13BrINO3. The number of hydrogen-bond acceptors (Lipinski definition) is 2. The molecule has 6 heteroatoms. The molecule has 1 N–H and O–H groups in total. The second-order valence-corrected chi connectivity index (χ2v) is 7.07. The maximum atomic E-state index is 11.8. The van der Waals surface area contributed by atoms with E-state index in [0.717, 1.165) is 9.13 Å². The van der Waals surface area contributed by atoms with Gasteiger partial charge in [0.25, 0.3) is 0 Å². The molecule has 1 unspecified atom stereocenters. The Hall–Kier alpha value is -0.630. The van der Waals surface area contributed by atoms with E-state index in [0.29, 0.717) is 19.4 Å². The molecule has 1 aromatic rings. The number of carbonyl (C=O) groups is 2. The van der Waals surface area contributed by atoms with Crippen molar-refractivity contribution < 1.29 is 14.7 Å². The number of halogens is 2. The Kier molecular flexibility index (Phi) is 4.83. The minimum atomic E-state index is -0.950. The second kappa shape index (κ2) is 6.21. The monoisotopic (exact) mass is 437 g/mol. The van der Waals surface area contributed by atoms with Crippen LogP contribution in [-0.4, -0.2) is 39.3 Å². The molecule has 0 radical (unpaired) electrons. The fraction of sp³-hybridized carbons (Fsp3) is 0.385. The summed E-state index contributed by atoms with van der Waals surface area (Å²) in [6.45, 7) is 0.459. The van der Waals surface area contributed by atoms with Gasteiger partial charge in [0.1, 0.15) is 6.04 Å². The van der Waals surface area contributed by atoms with Gasteiger partial charge in [-0.3, -0.25) is 4.79 Å². The first kappa shape index (κ1) is 14.8. The van der Waals surface area contributed by atoms with E-state index in [1.165, 1.54) is 4.90 Å². The molecule has 1 fully saturated rings. The number of carbonyl (C=O) groups excluding carboxylic acids is 1. The maximum absolute atomic E-state index is 11.8. The molecule has 19 heavy (non-hydrogen) atoms. The van der Waals surface area contributed by atoms with E-state index >= 15 is 0 Å². The van der Waals surface area contributed by atoms with Crippen molar-refractivity contribution in [1.29, 1.82) is 0 Å². The maximum Gasteiger partial charge on any atom is 0.326 e. The third-order valence-electron chi connectivity index (χ3n) is 3.11. The van der Waals surface area contributed by atoms with Gasteiger partial charge in [-0.15, -0.1) is 0 Å². The topological polar surface area (TPSA) is 57.6 Å². The molecule has 102 valence electrons. The molecule has 1 saturated heterocycles. The van der Waals surface area contributed by atoms with Crippen molar-refractivity contribution in [2.24, 2.45) is 0 Å². The van der Waals surface area contributed by atoms with Gasteiger partial charge in [-0.1, -0.05) is 28.1 Å². The minimum Gasteiger partial charge on any atom is -0.480 e. The molecular weight excluding hydrogens is 425 g/mol. The quantitative estimate of drug-likeness (QED) is 0.580. The Labute approximate surface area is 133 Å². The number of likely N-dealkylation sites (tertiary alicyclic amines) is 1. The second-order valence-electron chi connectivity index (χ2n) is 4.53. The standard InChI is InChI=1S/C13H13BrINO3/c14-9-6-12(17)16(7-9)11(13(18)19)5-8-1-3-10(15)4-2-8/h1-4,9,11H,5-7H2,(H,18,19)/t9?,11-/m0/s1. The summed E-state index contributed by atoms with van der Waals surface area (Å²) in [5.74, 6) is -1.05. The number of carboxylic acids is 1. The lowest BCUT2D eigenvalue weighted by atomic mass is 10.1. The highest BCUT2D eigenvalue weighted by Gasteiger charge is 2.36. The van der Waals surface area contributed by atoms with Gasteiger partial charge in [0.05, 0.1) is 0 Å². The molecule has 2 atom stereocenters. The summed E-state index contributed by atoms with van der Waals surface area (Å²) in [5, 5.41) is 9.34. The van der Waals surface area contributed by atoms with E-state index in [4.69, 9.17) is 0 Å². The van der Waals surface area contributed by atoms with E-state index in [1.807, 2.05) is 24.3 Å². The molecule has 4 nitrogen and oxygen atoms in total. The Morgan fingerprint density at radius 1 is 1.47 bits per heavy atom. The van der Waals surface area contributed by atoms with Crippen LogP contribution in [0.3, 0.4) is 0 Å². The summed E-state index contributed by atoms with van der Waals surface area (Å²) in [7, 11) is 0. The van der Waals surface area contributed by atoms with Crippen molar-refractivity contribution in [1.82, 2.24) is 4.90 Å². The third-order valence-corrected chi connectivity index (χ3v) is 4.45. The van der Waals surface area contributed by atoms with Crippen LogP contribution in [0.15, 0.2) is 24.3 Å². The average Bonchev–Trinajstić information content (AvgIpc) is 2.67. The predicted molar refractivity (Wildman–Crippen MR) is 83.3 cm³/mol. The largest absolute Gasteiger partial charge is 0.480 e. The lowest BCUT2D eigenvalue weighted by Crippen LogP contribution is -2.43. The van der Waals surface area contributed by atoms with E-state index in [2.05, 4.69) is 38.5 Å². The summed E-state index contributed by atoms with van der Waals surface area (Å²) in [5.41, 5.74) is 0.929. The molecule has 2 rings (SSSR count). The van der Waals surface area contributed by atoms with Gasteiger partial charge in [0.15, 0.2) is 0 Å². The fourth-order valence-corrected chi connectivity index (χ4v) is 3.11. The first-order valence-corrected chi connectivity index (χ1v) is 7.87. The molecule has 1 aliphatic heterocycles. The van der Waals surface area contributed by atoms with E-state index < -0.39 is 12.0 Å². The van der Waals surface area contributed by atoms with Crippen LogP contribution in [0.5, 0.6) is 0 Å². The normalized spacial score (nSPS) is 20.6. The van der Waals surface area contributed by atoms with Crippen molar-refractivity contribution in [3.05, 3.63) is 33.4 Å². The fourth-order valence-electron chi connectivity index (χ4n) is 2.16. The van der Waals surface area contributed by atoms with Crippen molar-refractivity contribution in [2.75, 3.05) is 6.54 Å². The Balaban J connectivity index is 2.15. The Morgan fingerprint density at radius 2 is 2.11 bits per heavy atom. The summed E-state index contributed by atoms with van der Waals surface area (Å²) in [4.78, 5) is 24.7. The van der Waals surface area contributed by atoms with Crippen LogP contribution in [0.4, 0.5) is 0 Å². The number of carboxylic acid groups (broad SMARTS) is 1. The number of benzene rings is 1. The molecule has 1 amide bonds. The molecule has 0 aromatic heterocycles. The SMILES string of the molecule is O=C(O)[C@H](Cc1ccc(I)cc1)N1CC(Br)CC1=O. The van der Waals surface area contributed by atoms with Crippen molar-refractivity contribution in [2.45, 2.75) is 23.7 Å². The van der Waals surface area contributed by atoms with Gasteiger partial charge < -0.3 is 10.0 Å². The highest BCUT2D eigenvalue weighted by Crippen LogP contribution is 2.22. The third kappa shape index (κ3) is 3.68. The van der Waals surface area contributed by atoms with Crippen LogP contribution in [-0.2, 0) is 16.0 Å². The summed E-state index contributed by atoms with van der Waals surface area (Å²) in [6, 6.07) is 6.91. The molecule has 1 aliphatic rings. The van der Waals surface area contributed by atoms with Crippen LogP contribution >= 0.6 is 38.5 Å². The smallest absolute Gasteiger partial charge is 0.326 e. The first-order chi connectivity index (χ1) is 8.97. The van der Waals surface area contributed by atoms with E-state index in [-0.39, 0.29) is 10.7 Å². The first-order valence-electron chi connectivity index (χ1n) is 5.88. The lowest BCUT2D eigenvalue weighted by molar-refractivity contribution is -0.148. The number of aliphatic carboxylic acids is 1. The van der Waals surface area contributed by atoms with Crippen molar-refractivity contribution >= 4 is 50.4 Å².